The number of hydrogen-bond donors (Lipinski definition) is 2. The van der Waals surface area contributed by atoms with Crippen LogP contribution in [-0.4, -0.2) is 32.4 Å². The summed E-state index contributed by atoms with van der Waals surface area (Å²) in [6, 6.07) is 7.17. The van der Waals surface area contributed by atoms with Crippen LogP contribution in [0.25, 0.3) is 0 Å². The van der Waals surface area contributed by atoms with Gasteiger partial charge in [0.15, 0.2) is 0 Å². The molecule has 0 radical (unpaired) electrons. The fourth-order valence-electron chi connectivity index (χ4n) is 2.22. The van der Waals surface area contributed by atoms with Crippen molar-refractivity contribution in [1.82, 2.24) is 14.8 Å². The van der Waals surface area contributed by atoms with Gasteiger partial charge in [0.2, 0.25) is 5.95 Å². The van der Waals surface area contributed by atoms with E-state index in [2.05, 4.69) is 15.4 Å². The van der Waals surface area contributed by atoms with Crippen LogP contribution >= 0.6 is 0 Å². The van der Waals surface area contributed by atoms with Crippen molar-refractivity contribution in [3.8, 4) is 5.75 Å². The Labute approximate surface area is 120 Å². The molecule has 2 N–H and O–H groups in total. The Morgan fingerprint density at radius 3 is 2.86 bits per heavy atom. The molecule has 0 saturated carbocycles. The van der Waals surface area contributed by atoms with Gasteiger partial charge in [0.05, 0.1) is 6.61 Å². The second kappa shape index (κ2) is 5.28. The molecule has 108 valence electrons. The number of anilines is 1. The minimum absolute atomic E-state index is 0.0920. The summed E-state index contributed by atoms with van der Waals surface area (Å²) in [5.41, 5.74) is 1.000. The molecule has 0 saturated heterocycles. The smallest absolute Gasteiger partial charge is 0.352 e. The minimum Gasteiger partial charge on any atom is -0.494 e. The van der Waals surface area contributed by atoms with E-state index in [0.29, 0.717) is 12.6 Å². The number of fused-ring (bicyclic) bond motifs is 1. The molecule has 1 aromatic carbocycles. The molecule has 2 aromatic rings. The number of rotatable bonds is 4. The Bertz CT molecular complexity index is 690. The number of aliphatic carboxylic acids is 1. The highest BCUT2D eigenvalue weighted by Crippen LogP contribution is 2.29. The lowest BCUT2D eigenvalue weighted by Crippen LogP contribution is -2.24. The number of nitrogens with one attached hydrogen (secondary N) is 1. The maximum Gasteiger partial charge on any atom is 0.352 e. The van der Waals surface area contributed by atoms with Gasteiger partial charge >= 0.3 is 5.97 Å². The first-order chi connectivity index (χ1) is 10.2. The second-order valence-corrected chi connectivity index (χ2v) is 4.49. The van der Waals surface area contributed by atoms with Crippen molar-refractivity contribution in [2.45, 2.75) is 13.0 Å². The molecule has 0 unspecified atom stereocenters. The lowest BCUT2D eigenvalue weighted by atomic mass is 10.0. The van der Waals surface area contributed by atoms with Crippen LogP contribution in [0.5, 0.6) is 5.75 Å². The third-order valence-electron chi connectivity index (χ3n) is 3.17. The maximum atomic E-state index is 11.2. The first-order valence-corrected chi connectivity index (χ1v) is 6.53. The number of nitrogens with zero attached hydrogens (tertiary/aromatic N) is 3. The summed E-state index contributed by atoms with van der Waals surface area (Å²) in [5.74, 6) is 0.158. The second-order valence-electron chi connectivity index (χ2n) is 4.49. The van der Waals surface area contributed by atoms with E-state index >= 15 is 0 Å². The molecule has 1 aliphatic rings. The zero-order chi connectivity index (χ0) is 14.8. The van der Waals surface area contributed by atoms with Gasteiger partial charge in [-0.2, -0.15) is 10.1 Å². The minimum atomic E-state index is -1.03. The molecule has 0 spiro atoms. The molecule has 21 heavy (non-hydrogen) atoms. The quantitative estimate of drug-likeness (QED) is 0.888. The van der Waals surface area contributed by atoms with E-state index in [1.54, 1.807) is 10.8 Å². The average Bonchev–Trinajstić information content (AvgIpc) is 2.95. The van der Waals surface area contributed by atoms with Crippen molar-refractivity contribution in [1.29, 1.82) is 0 Å². The Morgan fingerprint density at radius 2 is 2.19 bits per heavy atom. The Balaban J connectivity index is 1.98. The molecular weight excluding hydrogens is 272 g/mol. The largest absolute Gasteiger partial charge is 0.494 e. The van der Waals surface area contributed by atoms with Gasteiger partial charge in [-0.1, -0.05) is 12.1 Å². The topological polar surface area (TPSA) is 89.3 Å². The van der Waals surface area contributed by atoms with Crippen LogP contribution in [0.4, 0.5) is 5.95 Å². The van der Waals surface area contributed by atoms with Crippen molar-refractivity contribution >= 4 is 11.9 Å². The maximum absolute atomic E-state index is 11.2. The summed E-state index contributed by atoms with van der Waals surface area (Å²) in [7, 11) is 0. The van der Waals surface area contributed by atoms with Gasteiger partial charge < -0.3 is 15.2 Å². The van der Waals surface area contributed by atoms with E-state index in [1.807, 2.05) is 31.2 Å². The fraction of sp³-hybridized carbons (Fsp3) is 0.214. The molecule has 1 atom stereocenters. The lowest BCUT2D eigenvalue weighted by molar-refractivity contribution is -0.132. The molecule has 7 heteroatoms. The summed E-state index contributed by atoms with van der Waals surface area (Å²) in [6.45, 7) is 2.52. The number of carbonyl (C=O) groups is 1. The zero-order valence-electron chi connectivity index (χ0n) is 11.4. The molecule has 7 nitrogen and oxygen atoms in total. The van der Waals surface area contributed by atoms with Crippen molar-refractivity contribution in [2.75, 3.05) is 11.9 Å². The SMILES string of the molecule is CCOc1ccc([C@H]2C=C(C(=O)O)Nc3ncnn32)cc1. The normalized spacial score (nSPS) is 16.6. The molecule has 3 rings (SSSR count). The molecule has 1 aromatic heterocycles. The van der Waals surface area contributed by atoms with Crippen molar-refractivity contribution in [2.24, 2.45) is 0 Å². The zero-order valence-corrected chi connectivity index (χ0v) is 11.4. The first kappa shape index (κ1) is 13.2. The Kier molecular flexibility index (Phi) is 3.31. The molecule has 2 heterocycles. The summed E-state index contributed by atoms with van der Waals surface area (Å²) in [4.78, 5) is 15.2. The lowest BCUT2D eigenvalue weighted by Gasteiger charge is -2.22. The number of carboxylic acids is 1. The Morgan fingerprint density at radius 1 is 1.43 bits per heavy atom. The summed E-state index contributed by atoms with van der Waals surface area (Å²) in [6.07, 6.45) is 3.00. The fourth-order valence-corrected chi connectivity index (χ4v) is 2.22. The third kappa shape index (κ3) is 2.45. The molecule has 1 aliphatic heterocycles. The van der Waals surface area contributed by atoms with E-state index < -0.39 is 5.97 Å². The van der Waals surface area contributed by atoms with Gasteiger partial charge in [0.1, 0.15) is 23.8 Å². The van der Waals surface area contributed by atoms with Crippen molar-refractivity contribution in [3.05, 3.63) is 47.9 Å². The van der Waals surface area contributed by atoms with E-state index in [9.17, 15) is 9.90 Å². The molecule has 0 amide bonds. The number of benzene rings is 1. The monoisotopic (exact) mass is 286 g/mol. The van der Waals surface area contributed by atoms with E-state index in [4.69, 9.17) is 4.74 Å². The summed E-state index contributed by atoms with van der Waals surface area (Å²) in [5, 5.41) is 16.0. The standard InChI is InChI=1S/C14H14N4O3/c1-2-21-10-5-3-9(4-6-10)12-7-11(13(19)20)17-14-15-8-16-18(12)14/h3-8,12H,2H2,1H3,(H,19,20)(H,15,16,17)/t12-/m1/s1. The van der Waals surface area contributed by atoms with E-state index in [0.717, 1.165) is 11.3 Å². The number of ether oxygens (including phenoxy) is 1. The number of allylic oxidation sites excluding steroid dienone is 1. The highest BCUT2D eigenvalue weighted by molar-refractivity contribution is 5.90. The summed E-state index contributed by atoms with van der Waals surface area (Å²) < 4.78 is 7.05. The van der Waals surface area contributed by atoms with Gasteiger partial charge in [-0.15, -0.1) is 0 Å². The van der Waals surface area contributed by atoms with Crippen LogP contribution in [0, 0.1) is 0 Å². The highest BCUT2D eigenvalue weighted by atomic mass is 16.5. The third-order valence-corrected chi connectivity index (χ3v) is 3.17. The van der Waals surface area contributed by atoms with Crippen LogP contribution in [0.15, 0.2) is 42.4 Å². The van der Waals surface area contributed by atoms with Crippen LogP contribution in [0.3, 0.4) is 0 Å². The van der Waals surface area contributed by atoms with Crippen LogP contribution in [-0.2, 0) is 4.79 Å². The number of carboxylic acid groups (broad SMARTS) is 1. The van der Waals surface area contributed by atoms with Crippen LogP contribution in [0.2, 0.25) is 0 Å². The first-order valence-electron chi connectivity index (χ1n) is 6.53. The predicted molar refractivity (Wildman–Crippen MR) is 75.1 cm³/mol. The van der Waals surface area contributed by atoms with Gasteiger partial charge in [0, 0.05) is 0 Å². The van der Waals surface area contributed by atoms with Gasteiger partial charge in [-0.3, -0.25) is 0 Å². The van der Waals surface area contributed by atoms with Gasteiger partial charge in [-0.25, -0.2) is 9.48 Å². The van der Waals surface area contributed by atoms with Gasteiger partial charge in [-0.05, 0) is 30.7 Å². The predicted octanol–water partition coefficient (Wildman–Crippen LogP) is 1.66. The molecule has 0 fully saturated rings. The van der Waals surface area contributed by atoms with Crippen LogP contribution < -0.4 is 10.1 Å². The van der Waals surface area contributed by atoms with E-state index in [1.165, 1.54) is 6.33 Å². The van der Waals surface area contributed by atoms with E-state index in [-0.39, 0.29) is 11.7 Å². The number of aromatic nitrogens is 3. The average molecular weight is 286 g/mol. The number of hydrogen-bond acceptors (Lipinski definition) is 5. The Hall–Kier alpha value is -2.83. The molecular formula is C14H14N4O3. The molecule has 0 aliphatic carbocycles. The highest BCUT2D eigenvalue weighted by Gasteiger charge is 2.25. The van der Waals surface area contributed by atoms with Gasteiger partial charge in [0.25, 0.3) is 0 Å². The molecule has 0 bridgehead atoms. The summed E-state index contributed by atoms with van der Waals surface area (Å²) >= 11 is 0. The van der Waals surface area contributed by atoms with Crippen LogP contribution in [0.1, 0.15) is 18.5 Å². The van der Waals surface area contributed by atoms with Crippen molar-refractivity contribution in [3.63, 3.8) is 0 Å². The van der Waals surface area contributed by atoms with Crippen molar-refractivity contribution < 1.29 is 14.6 Å².